The van der Waals surface area contributed by atoms with Gasteiger partial charge < -0.3 is 4.90 Å². The Morgan fingerprint density at radius 2 is 1.60 bits per heavy atom. The number of benzene rings is 2. The van der Waals surface area contributed by atoms with Crippen molar-refractivity contribution in [3.63, 3.8) is 0 Å². The average molecular weight is 366 g/mol. The molecule has 7 heteroatoms. The number of hydrogen-bond donors (Lipinski definition) is 1. The molecule has 3 rings (SSSR count). The molecule has 0 amide bonds. The highest BCUT2D eigenvalue weighted by Crippen LogP contribution is 2.23. The van der Waals surface area contributed by atoms with Gasteiger partial charge in [0.15, 0.2) is 0 Å². The van der Waals surface area contributed by atoms with E-state index in [0.29, 0.717) is 12.1 Å². The van der Waals surface area contributed by atoms with Gasteiger partial charge in [-0.3, -0.25) is 0 Å². The molecule has 1 fully saturated rings. The van der Waals surface area contributed by atoms with Gasteiger partial charge in [-0.25, -0.2) is 21.9 Å². The van der Waals surface area contributed by atoms with Crippen molar-refractivity contribution in [1.29, 1.82) is 0 Å². The molecule has 0 radical (unpaired) electrons. The molecular weight excluding hydrogens is 346 g/mol. The maximum atomic E-state index is 13.0. The Kier molecular flexibility index (Phi) is 5.34. The molecule has 2 aromatic carbocycles. The first-order chi connectivity index (χ1) is 11.9. The minimum atomic E-state index is -3.46. The predicted molar refractivity (Wildman–Crippen MR) is 93.7 cm³/mol. The lowest BCUT2D eigenvalue weighted by Crippen LogP contribution is -2.31. The molecule has 25 heavy (non-hydrogen) atoms. The molecule has 0 spiro atoms. The van der Waals surface area contributed by atoms with Crippen molar-refractivity contribution in [2.75, 3.05) is 24.5 Å². The topological polar surface area (TPSA) is 49.4 Å². The van der Waals surface area contributed by atoms with E-state index in [9.17, 15) is 17.2 Å². The van der Waals surface area contributed by atoms with Gasteiger partial charge >= 0.3 is 0 Å². The first-order valence-corrected chi connectivity index (χ1v) is 9.79. The van der Waals surface area contributed by atoms with Crippen molar-refractivity contribution >= 4 is 15.7 Å². The third kappa shape index (κ3) is 4.99. The third-order valence-corrected chi connectivity index (χ3v) is 5.66. The molecule has 4 nitrogen and oxygen atoms in total. The molecule has 0 bridgehead atoms. The Labute approximate surface area is 146 Å². The van der Waals surface area contributed by atoms with Crippen LogP contribution in [-0.4, -0.2) is 28.1 Å². The highest BCUT2D eigenvalue weighted by Gasteiger charge is 2.24. The second kappa shape index (κ2) is 7.49. The van der Waals surface area contributed by atoms with Crippen LogP contribution in [0.2, 0.25) is 0 Å². The fourth-order valence-corrected chi connectivity index (χ4v) is 4.20. The molecule has 1 heterocycles. The van der Waals surface area contributed by atoms with Crippen molar-refractivity contribution in [2.24, 2.45) is 5.92 Å². The SMILES string of the molecule is O=S(=O)(Cc1ccc(F)cc1)NCC1CCN(c2ccc(F)cc2)C1. The van der Waals surface area contributed by atoms with Crippen molar-refractivity contribution in [3.05, 3.63) is 65.7 Å². The van der Waals surface area contributed by atoms with Crippen molar-refractivity contribution in [1.82, 2.24) is 4.72 Å². The molecule has 0 saturated carbocycles. The fourth-order valence-electron chi connectivity index (χ4n) is 2.98. The maximum absolute atomic E-state index is 13.0. The Hall–Kier alpha value is -1.99. The van der Waals surface area contributed by atoms with Crippen molar-refractivity contribution in [3.8, 4) is 0 Å². The third-order valence-electron chi connectivity index (χ3n) is 4.34. The minimum absolute atomic E-state index is 0.165. The standard InChI is InChI=1S/C18H20F2N2O2S/c19-16-3-1-14(2-4-16)13-25(23,24)21-11-15-9-10-22(12-15)18-7-5-17(20)6-8-18/h1-8,15,21H,9-13H2. The van der Waals surface area contributed by atoms with Gasteiger partial charge in [0.1, 0.15) is 11.6 Å². The van der Waals surface area contributed by atoms with Crippen LogP contribution in [0.3, 0.4) is 0 Å². The van der Waals surface area contributed by atoms with E-state index in [1.165, 1.54) is 36.4 Å². The second-order valence-corrected chi connectivity index (χ2v) is 8.12. The maximum Gasteiger partial charge on any atom is 0.215 e. The lowest BCUT2D eigenvalue weighted by molar-refractivity contribution is 0.541. The quantitative estimate of drug-likeness (QED) is 0.855. The summed E-state index contributed by atoms with van der Waals surface area (Å²) in [6.45, 7) is 1.90. The van der Waals surface area contributed by atoms with E-state index in [-0.39, 0.29) is 23.3 Å². The first-order valence-electron chi connectivity index (χ1n) is 8.13. The number of nitrogens with zero attached hydrogens (tertiary/aromatic N) is 1. The Balaban J connectivity index is 1.51. The summed E-state index contributed by atoms with van der Waals surface area (Å²) in [6, 6.07) is 11.8. The van der Waals surface area contributed by atoms with E-state index in [4.69, 9.17) is 0 Å². The molecule has 1 aliphatic heterocycles. The monoisotopic (exact) mass is 366 g/mol. The van der Waals surface area contributed by atoms with Gasteiger partial charge in [0.05, 0.1) is 5.75 Å². The zero-order valence-corrected chi connectivity index (χ0v) is 14.5. The van der Waals surface area contributed by atoms with E-state index in [2.05, 4.69) is 9.62 Å². The molecule has 134 valence electrons. The van der Waals surface area contributed by atoms with Crippen LogP contribution in [0.1, 0.15) is 12.0 Å². The van der Waals surface area contributed by atoms with E-state index in [1.807, 2.05) is 0 Å². The van der Waals surface area contributed by atoms with Crippen molar-refractivity contribution in [2.45, 2.75) is 12.2 Å². The van der Waals surface area contributed by atoms with Crippen molar-refractivity contribution < 1.29 is 17.2 Å². The first kappa shape index (κ1) is 17.8. The molecule has 1 saturated heterocycles. The Morgan fingerprint density at radius 3 is 2.24 bits per heavy atom. The normalized spacial score (nSPS) is 17.8. The lowest BCUT2D eigenvalue weighted by atomic mass is 10.1. The largest absolute Gasteiger partial charge is 0.371 e. The number of sulfonamides is 1. The van der Waals surface area contributed by atoms with Gasteiger partial charge in [0.25, 0.3) is 0 Å². The zero-order chi connectivity index (χ0) is 17.9. The van der Waals surface area contributed by atoms with Gasteiger partial charge in [0.2, 0.25) is 10.0 Å². The van der Waals surface area contributed by atoms with Crippen LogP contribution < -0.4 is 9.62 Å². The average Bonchev–Trinajstić information content (AvgIpc) is 3.05. The highest BCUT2D eigenvalue weighted by molar-refractivity contribution is 7.88. The molecule has 2 aromatic rings. The van der Waals surface area contributed by atoms with Crippen LogP contribution >= 0.6 is 0 Å². The summed E-state index contributed by atoms with van der Waals surface area (Å²) in [5.74, 6) is -0.621. The molecule has 1 atom stereocenters. The highest BCUT2D eigenvalue weighted by atomic mass is 32.2. The summed E-state index contributed by atoms with van der Waals surface area (Å²) < 4.78 is 52.8. The zero-order valence-electron chi connectivity index (χ0n) is 13.7. The van der Waals surface area contributed by atoms with Crippen LogP contribution in [0, 0.1) is 17.6 Å². The van der Waals surface area contributed by atoms with Gasteiger partial charge in [-0.05, 0) is 54.3 Å². The van der Waals surface area contributed by atoms with Crippen LogP contribution in [0.15, 0.2) is 48.5 Å². The summed E-state index contributed by atoms with van der Waals surface area (Å²) in [4.78, 5) is 2.12. The predicted octanol–water partition coefficient (Wildman–Crippen LogP) is 2.91. The molecule has 1 unspecified atom stereocenters. The van der Waals surface area contributed by atoms with Crippen LogP contribution in [0.4, 0.5) is 14.5 Å². The van der Waals surface area contributed by atoms with E-state index < -0.39 is 10.0 Å². The van der Waals surface area contributed by atoms with Crippen LogP contribution in [0.25, 0.3) is 0 Å². The van der Waals surface area contributed by atoms with Gasteiger partial charge in [-0.15, -0.1) is 0 Å². The van der Waals surface area contributed by atoms with Crippen LogP contribution in [0.5, 0.6) is 0 Å². The van der Waals surface area contributed by atoms with E-state index in [0.717, 1.165) is 25.2 Å². The summed E-state index contributed by atoms with van der Waals surface area (Å²) in [7, 11) is -3.46. The number of hydrogen-bond acceptors (Lipinski definition) is 3. The number of anilines is 1. The summed E-state index contributed by atoms with van der Waals surface area (Å²) in [6.07, 6.45) is 0.871. The fraction of sp³-hybridized carbons (Fsp3) is 0.333. The van der Waals surface area contributed by atoms with Gasteiger partial charge in [-0.1, -0.05) is 12.1 Å². The van der Waals surface area contributed by atoms with E-state index >= 15 is 0 Å². The van der Waals surface area contributed by atoms with Crippen LogP contribution in [-0.2, 0) is 15.8 Å². The summed E-state index contributed by atoms with van der Waals surface area (Å²) in [5, 5.41) is 0. The molecule has 1 N–H and O–H groups in total. The minimum Gasteiger partial charge on any atom is -0.371 e. The molecule has 0 aromatic heterocycles. The Morgan fingerprint density at radius 1 is 1.00 bits per heavy atom. The lowest BCUT2D eigenvalue weighted by Gasteiger charge is -2.18. The smallest absolute Gasteiger partial charge is 0.215 e. The Bertz CT molecular complexity index is 808. The molecule has 1 aliphatic rings. The molecular formula is C18H20F2N2O2S. The second-order valence-electron chi connectivity index (χ2n) is 6.31. The van der Waals surface area contributed by atoms with E-state index in [1.54, 1.807) is 12.1 Å². The number of rotatable bonds is 6. The number of nitrogens with one attached hydrogen (secondary N) is 1. The molecule has 0 aliphatic carbocycles. The number of halogens is 2. The summed E-state index contributed by atoms with van der Waals surface area (Å²) in [5.41, 5.74) is 1.49. The van der Waals surface area contributed by atoms with Gasteiger partial charge in [0, 0.05) is 25.3 Å². The van der Waals surface area contributed by atoms with Gasteiger partial charge in [-0.2, -0.15) is 0 Å². The summed E-state index contributed by atoms with van der Waals surface area (Å²) >= 11 is 0.